The summed E-state index contributed by atoms with van der Waals surface area (Å²) >= 11 is 0. The molecule has 0 atom stereocenters. The second-order valence-corrected chi connectivity index (χ2v) is 7.13. The molecule has 0 radical (unpaired) electrons. The fourth-order valence-electron chi connectivity index (χ4n) is 3.49. The van der Waals surface area contributed by atoms with E-state index in [2.05, 4.69) is 47.7 Å². The van der Waals surface area contributed by atoms with Crippen LogP contribution in [0, 0.1) is 0 Å². The van der Waals surface area contributed by atoms with E-state index in [4.69, 9.17) is 4.74 Å². The number of rotatable bonds is 7. The molecule has 156 valence electrons. The van der Waals surface area contributed by atoms with Gasteiger partial charge in [-0.25, -0.2) is 9.97 Å². The number of H-pyrrole nitrogens is 1. The predicted molar refractivity (Wildman–Crippen MR) is 121 cm³/mol. The van der Waals surface area contributed by atoms with Crippen LogP contribution in [0.15, 0.2) is 54.9 Å². The second kappa shape index (κ2) is 7.94. The topological polar surface area (TPSA) is 106 Å². The Morgan fingerprint density at radius 3 is 2.68 bits per heavy atom. The van der Waals surface area contributed by atoms with Crippen LogP contribution in [0.25, 0.3) is 22.2 Å². The molecule has 3 aromatic heterocycles. The number of fused-ring (bicyclic) bond motifs is 2. The number of benzene rings is 2. The highest BCUT2D eigenvalue weighted by atomic mass is 16.5. The van der Waals surface area contributed by atoms with E-state index in [9.17, 15) is 0 Å². The van der Waals surface area contributed by atoms with Crippen molar-refractivity contribution in [2.75, 3.05) is 24.3 Å². The van der Waals surface area contributed by atoms with Gasteiger partial charge in [0.05, 0.1) is 24.5 Å². The molecular formula is C22H22N8O. The Bertz CT molecular complexity index is 1340. The van der Waals surface area contributed by atoms with Crippen molar-refractivity contribution in [1.29, 1.82) is 0 Å². The smallest absolute Gasteiger partial charge is 0.233 e. The number of imidazole rings is 2. The number of nitrogens with zero attached hydrogens (tertiary/aromatic N) is 5. The van der Waals surface area contributed by atoms with E-state index in [0.29, 0.717) is 29.9 Å². The van der Waals surface area contributed by atoms with Crippen molar-refractivity contribution in [2.24, 2.45) is 7.05 Å². The maximum atomic E-state index is 5.21. The molecule has 9 heteroatoms. The molecule has 31 heavy (non-hydrogen) atoms. The summed E-state index contributed by atoms with van der Waals surface area (Å²) in [7, 11) is 3.62. The normalized spacial score (nSPS) is 11.2. The first-order chi connectivity index (χ1) is 15.2. The molecule has 0 unspecified atom stereocenters. The Morgan fingerprint density at radius 2 is 1.87 bits per heavy atom. The van der Waals surface area contributed by atoms with Gasteiger partial charge in [-0.1, -0.05) is 24.3 Å². The molecule has 2 aromatic carbocycles. The molecule has 3 heterocycles. The summed E-state index contributed by atoms with van der Waals surface area (Å²) in [6.45, 7) is 0.712. The molecular weight excluding hydrogens is 392 g/mol. The number of hydrogen-bond donors (Lipinski definition) is 3. The standard InChI is InChI=1S/C22H22N8O/c1-30-17-6-4-3-5-16(17)26-22(30)29-21-27-19(18-20(28-21)25-13-24-18)23-12-11-14-7-9-15(31-2)10-8-14/h3-10,13H,11-12H2,1-2H3,(H3,23,24,25,26,27,28,29). The Kier molecular flexibility index (Phi) is 4.83. The summed E-state index contributed by atoms with van der Waals surface area (Å²) in [5.74, 6) is 2.65. The summed E-state index contributed by atoms with van der Waals surface area (Å²) in [5, 5.41) is 6.62. The number of hydrogen-bond acceptors (Lipinski definition) is 7. The Labute approximate surface area is 178 Å². The van der Waals surface area contributed by atoms with Crippen LogP contribution in [-0.4, -0.2) is 43.1 Å². The molecule has 0 aliphatic rings. The molecule has 0 bridgehead atoms. The zero-order valence-electron chi connectivity index (χ0n) is 17.3. The zero-order chi connectivity index (χ0) is 21.2. The molecule has 0 amide bonds. The first-order valence-corrected chi connectivity index (χ1v) is 9.97. The van der Waals surface area contributed by atoms with Gasteiger partial charge in [-0.05, 0) is 36.2 Å². The first kappa shape index (κ1) is 18.9. The molecule has 5 rings (SSSR count). The van der Waals surface area contributed by atoms with Crippen molar-refractivity contribution in [1.82, 2.24) is 29.5 Å². The second-order valence-electron chi connectivity index (χ2n) is 7.13. The molecule has 0 fully saturated rings. The lowest BCUT2D eigenvalue weighted by Crippen LogP contribution is -2.10. The van der Waals surface area contributed by atoms with Gasteiger partial charge in [-0.2, -0.15) is 9.97 Å². The number of anilines is 3. The molecule has 0 aliphatic heterocycles. The monoisotopic (exact) mass is 414 g/mol. The van der Waals surface area contributed by atoms with E-state index in [1.165, 1.54) is 5.56 Å². The first-order valence-electron chi connectivity index (χ1n) is 9.97. The highest BCUT2D eigenvalue weighted by molar-refractivity contribution is 5.84. The summed E-state index contributed by atoms with van der Waals surface area (Å²) in [6, 6.07) is 16.0. The number of methoxy groups -OCH3 is 1. The van der Waals surface area contributed by atoms with Crippen molar-refractivity contribution < 1.29 is 4.74 Å². The number of aryl methyl sites for hydroxylation is 1. The number of ether oxygens (including phenoxy) is 1. The van der Waals surface area contributed by atoms with Gasteiger partial charge in [-0.3, -0.25) is 5.32 Å². The zero-order valence-corrected chi connectivity index (χ0v) is 17.3. The molecule has 0 aliphatic carbocycles. The van der Waals surface area contributed by atoms with Crippen LogP contribution in [0.4, 0.5) is 17.7 Å². The summed E-state index contributed by atoms with van der Waals surface area (Å²) in [5.41, 5.74) is 4.50. The van der Waals surface area contributed by atoms with E-state index in [1.807, 2.05) is 48.0 Å². The average Bonchev–Trinajstić information content (AvgIpc) is 3.39. The Balaban J connectivity index is 1.37. The van der Waals surface area contributed by atoms with Gasteiger partial charge >= 0.3 is 0 Å². The van der Waals surface area contributed by atoms with Crippen molar-refractivity contribution in [3.63, 3.8) is 0 Å². The minimum Gasteiger partial charge on any atom is -0.497 e. The summed E-state index contributed by atoms with van der Waals surface area (Å²) < 4.78 is 7.19. The Hall–Kier alpha value is -4.14. The number of aromatic amines is 1. The number of nitrogens with one attached hydrogen (secondary N) is 3. The average molecular weight is 414 g/mol. The van der Waals surface area contributed by atoms with E-state index in [1.54, 1.807) is 13.4 Å². The van der Waals surface area contributed by atoms with E-state index in [0.717, 1.165) is 28.7 Å². The number of aromatic nitrogens is 6. The van der Waals surface area contributed by atoms with Crippen molar-refractivity contribution in [3.05, 3.63) is 60.4 Å². The van der Waals surface area contributed by atoms with Crippen LogP contribution in [-0.2, 0) is 13.5 Å². The highest BCUT2D eigenvalue weighted by Crippen LogP contribution is 2.23. The molecule has 0 spiro atoms. The maximum Gasteiger partial charge on any atom is 0.233 e. The molecule has 9 nitrogen and oxygen atoms in total. The van der Waals surface area contributed by atoms with Crippen LogP contribution in [0.5, 0.6) is 5.75 Å². The predicted octanol–water partition coefficient (Wildman–Crippen LogP) is 3.65. The van der Waals surface area contributed by atoms with Gasteiger partial charge in [0.1, 0.15) is 11.3 Å². The lowest BCUT2D eigenvalue weighted by molar-refractivity contribution is 0.414. The van der Waals surface area contributed by atoms with Crippen LogP contribution in [0.3, 0.4) is 0 Å². The highest BCUT2D eigenvalue weighted by Gasteiger charge is 2.13. The SMILES string of the molecule is COc1ccc(CCNc2nc(Nc3nc4ccccc4n3C)nc3nc[nH]c23)cc1. The fourth-order valence-corrected chi connectivity index (χ4v) is 3.49. The van der Waals surface area contributed by atoms with E-state index >= 15 is 0 Å². The van der Waals surface area contributed by atoms with Gasteiger partial charge in [0.15, 0.2) is 11.5 Å². The van der Waals surface area contributed by atoms with Gasteiger partial charge in [0, 0.05) is 13.6 Å². The number of para-hydroxylation sites is 2. The van der Waals surface area contributed by atoms with E-state index in [-0.39, 0.29) is 0 Å². The van der Waals surface area contributed by atoms with Crippen LogP contribution >= 0.6 is 0 Å². The maximum absolute atomic E-state index is 5.21. The molecule has 0 saturated carbocycles. The third-order valence-electron chi connectivity index (χ3n) is 5.16. The van der Waals surface area contributed by atoms with Gasteiger partial charge in [0.25, 0.3) is 0 Å². The van der Waals surface area contributed by atoms with Gasteiger partial charge < -0.3 is 19.6 Å². The van der Waals surface area contributed by atoms with Crippen LogP contribution in [0.2, 0.25) is 0 Å². The molecule has 5 aromatic rings. The largest absolute Gasteiger partial charge is 0.497 e. The quantitative estimate of drug-likeness (QED) is 0.373. The lowest BCUT2D eigenvalue weighted by atomic mass is 10.1. The van der Waals surface area contributed by atoms with Gasteiger partial charge in [0.2, 0.25) is 11.9 Å². The summed E-state index contributed by atoms with van der Waals surface area (Å²) in [4.78, 5) is 21.2. The summed E-state index contributed by atoms with van der Waals surface area (Å²) in [6.07, 6.45) is 2.46. The Morgan fingerprint density at radius 1 is 1.03 bits per heavy atom. The van der Waals surface area contributed by atoms with Crippen LogP contribution < -0.4 is 15.4 Å². The minimum atomic E-state index is 0.435. The minimum absolute atomic E-state index is 0.435. The van der Waals surface area contributed by atoms with Crippen molar-refractivity contribution >= 4 is 39.9 Å². The fraction of sp³-hybridized carbons (Fsp3) is 0.182. The lowest BCUT2D eigenvalue weighted by Gasteiger charge is -2.10. The van der Waals surface area contributed by atoms with Gasteiger partial charge in [-0.15, -0.1) is 0 Å². The third kappa shape index (κ3) is 3.73. The van der Waals surface area contributed by atoms with Crippen molar-refractivity contribution in [3.8, 4) is 5.75 Å². The van der Waals surface area contributed by atoms with Crippen molar-refractivity contribution in [2.45, 2.75) is 6.42 Å². The van der Waals surface area contributed by atoms with E-state index < -0.39 is 0 Å². The molecule has 3 N–H and O–H groups in total. The van der Waals surface area contributed by atoms with Crippen LogP contribution in [0.1, 0.15) is 5.56 Å². The molecule has 0 saturated heterocycles. The third-order valence-corrected chi connectivity index (χ3v) is 5.16.